The predicted molar refractivity (Wildman–Crippen MR) is 76.3 cm³/mol. The van der Waals surface area contributed by atoms with Crippen molar-refractivity contribution in [3.8, 4) is 0 Å². The van der Waals surface area contributed by atoms with Crippen molar-refractivity contribution >= 4 is 11.6 Å². The summed E-state index contributed by atoms with van der Waals surface area (Å²) in [5, 5.41) is 6.83. The third-order valence-electron chi connectivity index (χ3n) is 3.45. The van der Waals surface area contributed by atoms with Gasteiger partial charge in [0.1, 0.15) is 17.5 Å². The van der Waals surface area contributed by atoms with E-state index in [-0.39, 0.29) is 0 Å². The molecule has 1 unspecified atom stereocenters. The predicted octanol–water partition coefficient (Wildman–Crippen LogP) is 3.30. The van der Waals surface area contributed by atoms with Crippen molar-refractivity contribution in [2.45, 2.75) is 58.9 Å². The van der Waals surface area contributed by atoms with Crippen LogP contribution in [0.1, 0.15) is 57.3 Å². The molecule has 0 bridgehead atoms. The molecule has 0 radical (unpaired) electrons. The van der Waals surface area contributed by atoms with Gasteiger partial charge in [0, 0.05) is 24.1 Å². The lowest BCUT2D eigenvalue weighted by atomic mass is 10.2. The maximum atomic E-state index is 4.70. The zero-order valence-corrected chi connectivity index (χ0v) is 11.9. The lowest BCUT2D eigenvalue weighted by molar-refractivity contribution is 0.753. The first-order valence-corrected chi connectivity index (χ1v) is 7.04. The molecule has 2 rings (SSSR count). The van der Waals surface area contributed by atoms with Gasteiger partial charge >= 0.3 is 0 Å². The van der Waals surface area contributed by atoms with Gasteiger partial charge in [-0.3, -0.25) is 0 Å². The highest BCUT2D eigenvalue weighted by Gasteiger charge is 2.28. The van der Waals surface area contributed by atoms with Crippen LogP contribution in [0.4, 0.5) is 11.6 Å². The van der Waals surface area contributed by atoms with Crippen molar-refractivity contribution < 1.29 is 0 Å². The Balaban J connectivity index is 2.29. The molecule has 1 aromatic heterocycles. The SMILES string of the molecule is CCNc1nc(C2CC2)nc(NC(C)CC)c1C. The van der Waals surface area contributed by atoms with Gasteiger partial charge in [0.15, 0.2) is 0 Å². The molecule has 1 aromatic rings. The van der Waals surface area contributed by atoms with Crippen LogP contribution in [-0.4, -0.2) is 22.6 Å². The fraction of sp³-hybridized carbons (Fsp3) is 0.714. The van der Waals surface area contributed by atoms with Crippen molar-refractivity contribution in [3.63, 3.8) is 0 Å². The number of anilines is 2. The average Bonchev–Trinajstić information content (AvgIpc) is 3.18. The van der Waals surface area contributed by atoms with Gasteiger partial charge in [-0.1, -0.05) is 6.92 Å². The minimum atomic E-state index is 0.445. The van der Waals surface area contributed by atoms with Crippen LogP contribution in [-0.2, 0) is 0 Å². The Morgan fingerprint density at radius 2 is 1.89 bits per heavy atom. The molecule has 0 aromatic carbocycles. The van der Waals surface area contributed by atoms with Crippen LogP contribution in [0.15, 0.2) is 0 Å². The average molecular weight is 248 g/mol. The summed E-state index contributed by atoms with van der Waals surface area (Å²) in [7, 11) is 0. The summed E-state index contributed by atoms with van der Waals surface area (Å²) in [6.45, 7) is 9.44. The molecule has 0 spiro atoms. The molecule has 1 aliphatic rings. The van der Waals surface area contributed by atoms with E-state index in [4.69, 9.17) is 4.98 Å². The largest absolute Gasteiger partial charge is 0.370 e. The minimum absolute atomic E-state index is 0.445. The monoisotopic (exact) mass is 248 g/mol. The van der Waals surface area contributed by atoms with Gasteiger partial charge in [-0.15, -0.1) is 0 Å². The summed E-state index contributed by atoms with van der Waals surface area (Å²) >= 11 is 0. The van der Waals surface area contributed by atoms with E-state index >= 15 is 0 Å². The molecule has 2 N–H and O–H groups in total. The number of rotatable bonds is 6. The lowest BCUT2D eigenvalue weighted by Crippen LogP contribution is -2.17. The normalized spacial score (nSPS) is 16.4. The molecule has 0 saturated heterocycles. The Kier molecular flexibility index (Phi) is 4.04. The molecule has 0 amide bonds. The first kappa shape index (κ1) is 13.1. The highest BCUT2D eigenvalue weighted by molar-refractivity contribution is 5.57. The van der Waals surface area contributed by atoms with Gasteiger partial charge in [-0.2, -0.15) is 0 Å². The highest BCUT2D eigenvalue weighted by Crippen LogP contribution is 2.39. The third kappa shape index (κ3) is 2.92. The summed E-state index contributed by atoms with van der Waals surface area (Å²) < 4.78 is 0. The van der Waals surface area contributed by atoms with E-state index in [0.29, 0.717) is 12.0 Å². The van der Waals surface area contributed by atoms with Crippen molar-refractivity contribution in [1.29, 1.82) is 0 Å². The van der Waals surface area contributed by atoms with Crippen molar-refractivity contribution in [2.24, 2.45) is 0 Å². The smallest absolute Gasteiger partial charge is 0.136 e. The maximum Gasteiger partial charge on any atom is 0.136 e. The maximum absolute atomic E-state index is 4.70. The second-order valence-electron chi connectivity index (χ2n) is 5.16. The summed E-state index contributed by atoms with van der Waals surface area (Å²) in [5.41, 5.74) is 1.13. The van der Waals surface area contributed by atoms with E-state index in [9.17, 15) is 0 Å². The van der Waals surface area contributed by atoms with E-state index < -0.39 is 0 Å². The van der Waals surface area contributed by atoms with Gasteiger partial charge in [-0.25, -0.2) is 9.97 Å². The van der Waals surface area contributed by atoms with Crippen LogP contribution in [0.25, 0.3) is 0 Å². The van der Waals surface area contributed by atoms with Crippen molar-refractivity contribution in [2.75, 3.05) is 17.2 Å². The van der Waals surface area contributed by atoms with Crippen molar-refractivity contribution in [3.05, 3.63) is 11.4 Å². The quantitative estimate of drug-likeness (QED) is 0.811. The van der Waals surface area contributed by atoms with Crippen molar-refractivity contribution in [1.82, 2.24) is 9.97 Å². The molecule has 1 heterocycles. The van der Waals surface area contributed by atoms with Crippen LogP contribution >= 0.6 is 0 Å². The van der Waals surface area contributed by atoms with Crippen LogP contribution in [0.2, 0.25) is 0 Å². The number of aromatic nitrogens is 2. The van der Waals surface area contributed by atoms with Crippen LogP contribution < -0.4 is 10.6 Å². The van der Waals surface area contributed by atoms with Crippen LogP contribution in [0, 0.1) is 6.92 Å². The molecule has 4 heteroatoms. The summed E-state index contributed by atoms with van der Waals surface area (Å²) in [4.78, 5) is 9.36. The van der Waals surface area contributed by atoms with E-state index in [1.807, 2.05) is 0 Å². The zero-order valence-electron chi connectivity index (χ0n) is 11.9. The van der Waals surface area contributed by atoms with E-state index in [1.54, 1.807) is 0 Å². The van der Waals surface area contributed by atoms with Gasteiger partial charge < -0.3 is 10.6 Å². The third-order valence-corrected chi connectivity index (χ3v) is 3.45. The Morgan fingerprint density at radius 1 is 1.22 bits per heavy atom. The molecule has 1 atom stereocenters. The molecule has 4 nitrogen and oxygen atoms in total. The lowest BCUT2D eigenvalue weighted by Gasteiger charge is -2.17. The Labute approximate surface area is 110 Å². The highest BCUT2D eigenvalue weighted by atomic mass is 15.1. The minimum Gasteiger partial charge on any atom is -0.370 e. The second-order valence-corrected chi connectivity index (χ2v) is 5.16. The molecule has 100 valence electrons. The van der Waals surface area contributed by atoms with Gasteiger partial charge in [-0.05, 0) is 40.0 Å². The van der Waals surface area contributed by atoms with Gasteiger partial charge in [0.05, 0.1) is 0 Å². The topological polar surface area (TPSA) is 49.8 Å². The fourth-order valence-electron chi connectivity index (χ4n) is 1.87. The molecular formula is C14H24N4. The Morgan fingerprint density at radius 3 is 2.44 bits per heavy atom. The van der Waals surface area contributed by atoms with Gasteiger partial charge in [0.2, 0.25) is 0 Å². The molecule has 18 heavy (non-hydrogen) atoms. The summed E-state index contributed by atoms with van der Waals surface area (Å²) in [6.07, 6.45) is 3.56. The second kappa shape index (κ2) is 5.55. The summed E-state index contributed by atoms with van der Waals surface area (Å²) in [5.74, 6) is 3.57. The number of hydrogen-bond acceptors (Lipinski definition) is 4. The molecule has 0 aliphatic heterocycles. The van der Waals surface area contributed by atoms with Crippen LogP contribution in [0.3, 0.4) is 0 Å². The zero-order chi connectivity index (χ0) is 13.1. The molecule has 1 saturated carbocycles. The van der Waals surface area contributed by atoms with E-state index in [1.165, 1.54) is 12.8 Å². The Bertz CT molecular complexity index is 413. The Hall–Kier alpha value is -1.32. The first-order chi connectivity index (χ1) is 8.65. The molecular weight excluding hydrogens is 224 g/mol. The summed E-state index contributed by atoms with van der Waals surface area (Å²) in [6, 6.07) is 0.445. The molecule has 1 aliphatic carbocycles. The number of nitrogens with one attached hydrogen (secondary N) is 2. The van der Waals surface area contributed by atoms with Crippen LogP contribution in [0.5, 0.6) is 0 Å². The number of nitrogens with zero attached hydrogens (tertiary/aromatic N) is 2. The molecule has 1 fully saturated rings. The fourth-order valence-corrected chi connectivity index (χ4v) is 1.87. The van der Waals surface area contributed by atoms with E-state index in [0.717, 1.165) is 36.0 Å². The standard InChI is InChI=1S/C14H24N4/c1-5-9(3)16-13-10(4)12(15-6-2)17-14(18-13)11-7-8-11/h9,11H,5-8H2,1-4H3,(H2,15,16,17,18). The first-order valence-electron chi connectivity index (χ1n) is 7.04. The van der Waals surface area contributed by atoms with E-state index in [2.05, 4.69) is 43.3 Å². The number of hydrogen-bond donors (Lipinski definition) is 2. The van der Waals surface area contributed by atoms with Gasteiger partial charge in [0.25, 0.3) is 0 Å².